The first-order chi connectivity index (χ1) is 11.4. The Labute approximate surface area is 147 Å². The Morgan fingerprint density at radius 2 is 1.50 bits per heavy atom. The summed E-state index contributed by atoms with van der Waals surface area (Å²) in [7, 11) is 1.71. The number of ether oxygens (including phenoxy) is 1. The summed E-state index contributed by atoms with van der Waals surface area (Å²) in [5.74, 6) is 4.67. The van der Waals surface area contributed by atoms with Crippen LogP contribution in [0, 0.1) is 12.3 Å². The van der Waals surface area contributed by atoms with E-state index in [0.29, 0.717) is 11.8 Å². The second kappa shape index (κ2) is 7.58. The molecule has 0 bridgehead atoms. The Hall–Kier alpha value is -2.20. The Kier molecular flexibility index (Phi) is 5.73. The third-order valence-electron chi connectivity index (χ3n) is 4.58. The Bertz CT molecular complexity index is 721. The van der Waals surface area contributed by atoms with Crippen LogP contribution < -0.4 is 4.74 Å². The molecule has 0 aliphatic carbocycles. The lowest BCUT2D eigenvalue weighted by atomic mass is 9.84. The fourth-order valence-corrected chi connectivity index (χ4v) is 3.11. The highest BCUT2D eigenvalue weighted by Crippen LogP contribution is 2.38. The summed E-state index contributed by atoms with van der Waals surface area (Å²) >= 11 is 0. The van der Waals surface area contributed by atoms with E-state index in [0.717, 1.165) is 11.3 Å². The van der Waals surface area contributed by atoms with Crippen molar-refractivity contribution in [3.05, 3.63) is 53.1 Å². The van der Waals surface area contributed by atoms with Crippen molar-refractivity contribution < 1.29 is 4.74 Å². The predicted molar refractivity (Wildman–Crippen MR) is 104 cm³/mol. The van der Waals surface area contributed by atoms with Crippen LogP contribution in [-0.2, 0) is 0 Å². The second-order valence-electron chi connectivity index (χ2n) is 7.00. The Morgan fingerprint density at radius 1 is 0.917 bits per heavy atom. The van der Waals surface area contributed by atoms with Crippen LogP contribution in [0.5, 0.6) is 5.75 Å². The summed E-state index contributed by atoms with van der Waals surface area (Å²) in [5.41, 5.74) is 6.38. The molecule has 0 aromatic heterocycles. The monoisotopic (exact) mass is 320 g/mol. The lowest BCUT2D eigenvalue weighted by Gasteiger charge is -2.21. The molecule has 0 amide bonds. The highest BCUT2D eigenvalue weighted by atomic mass is 16.5. The summed E-state index contributed by atoms with van der Waals surface area (Å²) in [4.78, 5) is 0. The molecule has 24 heavy (non-hydrogen) atoms. The van der Waals surface area contributed by atoms with E-state index in [2.05, 4.69) is 70.9 Å². The molecule has 0 heterocycles. The van der Waals surface area contributed by atoms with Gasteiger partial charge in [0.15, 0.2) is 0 Å². The fraction of sp³-hybridized carbons (Fsp3) is 0.391. The summed E-state index contributed by atoms with van der Waals surface area (Å²) in [6.45, 7) is 11.0. The van der Waals surface area contributed by atoms with Gasteiger partial charge in [0, 0.05) is 5.92 Å². The number of benzene rings is 2. The minimum absolute atomic E-state index is 0.0626. The van der Waals surface area contributed by atoms with Crippen molar-refractivity contribution in [2.24, 2.45) is 0 Å². The third-order valence-corrected chi connectivity index (χ3v) is 4.58. The molecule has 2 rings (SSSR count). The zero-order valence-corrected chi connectivity index (χ0v) is 15.7. The average molecular weight is 320 g/mol. The number of hydrogen-bond donors (Lipinski definition) is 0. The first-order valence-corrected chi connectivity index (χ1v) is 8.67. The molecule has 1 unspecified atom stereocenters. The summed E-state index contributed by atoms with van der Waals surface area (Å²) < 4.78 is 5.54. The molecule has 1 atom stereocenters. The van der Waals surface area contributed by atoms with Gasteiger partial charge in [0.2, 0.25) is 0 Å². The Balaban J connectivity index is 2.78. The number of rotatable bonds is 5. The van der Waals surface area contributed by atoms with Crippen molar-refractivity contribution in [1.29, 1.82) is 0 Å². The zero-order valence-electron chi connectivity index (χ0n) is 15.7. The van der Waals surface area contributed by atoms with Gasteiger partial charge in [-0.25, -0.2) is 0 Å². The molecule has 0 spiro atoms. The maximum atomic E-state index is 5.65. The minimum Gasteiger partial charge on any atom is -0.497 e. The first-order valence-electron chi connectivity index (χ1n) is 8.67. The van der Waals surface area contributed by atoms with Crippen LogP contribution in [0.2, 0.25) is 0 Å². The topological polar surface area (TPSA) is 9.23 Å². The van der Waals surface area contributed by atoms with Crippen LogP contribution >= 0.6 is 0 Å². The van der Waals surface area contributed by atoms with Crippen molar-refractivity contribution >= 4 is 0 Å². The van der Waals surface area contributed by atoms with Gasteiger partial charge in [-0.2, -0.15) is 0 Å². The highest BCUT2D eigenvalue weighted by molar-refractivity contribution is 5.74. The molecule has 0 radical (unpaired) electrons. The third kappa shape index (κ3) is 3.65. The van der Waals surface area contributed by atoms with E-state index in [4.69, 9.17) is 11.2 Å². The van der Waals surface area contributed by atoms with Crippen LogP contribution in [-0.4, -0.2) is 7.11 Å². The minimum atomic E-state index is 0.0626. The quantitative estimate of drug-likeness (QED) is 0.584. The van der Waals surface area contributed by atoms with E-state index in [1.807, 2.05) is 6.07 Å². The normalized spacial score (nSPS) is 12.3. The largest absolute Gasteiger partial charge is 0.497 e. The molecule has 2 aromatic rings. The number of terminal acetylenes is 1. The van der Waals surface area contributed by atoms with Gasteiger partial charge in [-0.1, -0.05) is 51.8 Å². The maximum Gasteiger partial charge on any atom is 0.119 e. The van der Waals surface area contributed by atoms with Crippen molar-refractivity contribution in [3.63, 3.8) is 0 Å². The van der Waals surface area contributed by atoms with Gasteiger partial charge in [0.1, 0.15) is 5.75 Å². The molecule has 2 aromatic carbocycles. The second-order valence-corrected chi connectivity index (χ2v) is 7.00. The standard InChI is InChI=1S/C23H28O/c1-8-17(6)18-12-19(14-20(13-18)24-7)23-21(15(2)3)10-9-11-22(23)16(4)5/h1,9-17H,2-7H3. The van der Waals surface area contributed by atoms with Gasteiger partial charge in [-0.3, -0.25) is 0 Å². The van der Waals surface area contributed by atoms with Crippen molar-refractivity contribution in [3.8, 4) is 29.2 Å². The SMILES string of the molecule is C#CC(C)c1cc(OC)cc(-c2c(C(C)C)cccc2C(C)C)c1. The number of hydrogen-bond acceptors (Lipinski definition) is 1. The van der Waals surface area contributed by atoms with Gasteiger partial charge < -0.3 is 4.74 Å². The van der Waals surface area contributed by atoms with E-state index < -0.39 is 0 Å². The van der Waals surface area contributed by atoms with E-state index in [-0.39, 0.29) is 5.92 Å². The molecule has 0 saturated heterocycles. The molecule has 0 saturated carbocycles. The average Bonchev–Trinajstić information content (AvgIpc) is 2.59. The molecule has 0 fully saturated rings. The smallest absolute Gasteiger partial charge is 0.119 e. The van der Waals surface area contributed by atoms with Crippen molar-refractivity contribution in [2.75, 3.05) is 7.11 Å². The van der Waals surface area contributed by atoms with Gasteiger partial charge >= 0.3 is 0 Å². The summed E-state index contributed by atoms with van der Waals surface area (Å²) in [5, 5.41) is 0. The van der Waals surface area contributed by atoms with E-state index in [1.54, 1.807) is 7.11 Å². The molecule has 0 N–H and O–H groups in total. The summed E-state index contributed by atoms with van der Waals surface area (Å²) in [6, 6.07) is 13.0. The van der Waals surface area contributed by atoms with Crippen molar-refractivity contribution in [1.82, 2.24) is 0 Å². The highest BCUT2D eigenvalue weighted by Gasteiger charge is 2.17. The van der Waals surface area contributed by atoms with Gasteiger partial charge in [-0.15, -0.1) is 6.42 Å². The molecule has 1 nitrogen and oxygen atoms in total. The van der Waals surface area contributed by atoms with Gasteiger partial charge in [-0.05, 0) is 64.8 Å². The van der Waals surface area contributed by atoms with Crippen LogP contribution in [0.4, 0.5) is 0 Å². The van der Waals surface area contributed by atoms with Crippen LogP contribution in [0.25, 0.3) is 11.1 Å². The number of methoxy groups -OCH3 is 1. The first kappa shape index (κ1) is 18.1. The molecule has 0 aliphatic rings. The maximum absolute atomic E-state index is 5.65. The van der Waals surface area contributed by atoms with Crippen LogP contribution in [0.3, 0.4) is 0 Å². The summed E-state index contributed by atoms with van der Waals surface area (Å²) in [6.07, 6.45) is 5.65. The lowest BCUT2D eigenvalue weighted by molar-refractivity contribution is 0.414. The molecule has 126 valence electrons. The van der Waals surface area contributed by atoms with E-state index in [1.165, 1.54) is 22.3 Å². The van der Waals surface area contributed by atoms with Crippen LogP contribution in [0.1, 0.15) is 69.1 Å². The van der Waals surface area contributed by atoms with Gasteiger partial charge in [0.25, 0.3) is 0 Å². The predicted octanol–water partition coefficient (Wildman–Crippen LogP) is 6.35. The molecular weight excluding hydrogens is 292 g/mol. The lowest BCUT2D eigenvalue weighted by Crippen LogP contribution is -2.01. The Morgan fingerprint density at radius 3 is 1.96 bits per heavy atom. The van der Waals surface area contributed by atoms with E-state index in [9.17, 15) is 0 Å². The zero-order chi connectivity index (χ0) is 17.9. The molecular formula is C23H28O. The van der Waals surface area contributed by atoms with Gasteiger partial charge in [0.05, 0.1) is 7.11 Å². The molecule has 1 heteroatoms. The van der Waals surface area contributed by atoms with Crippen molar-refractivity contribution in [2.45, 2.75) is 52.4 Å². The fourth-order valence-electron chi connectivity index (χ4n) is 3.11. The van der Waals surface area contributed by atoms with Crippen LogP contribution in [0.15, 0.2) is 36.4 Å². The molecule has 0 aliphatic heterocycles. The van der Waals surface area contributed by atoms with E-state index >= 15 is 0 Å².